The molecule has 2 aromatic heterocycles. The Labute approximate surface area is 125 Å². The molecule has 0 spiro atoms. The van der Waals surface area contributed by atoms with Gasteiger partial charge in [0.05, 0.1) is 7.11 Å². The number of methoxy groups -OCH3 is 1. The topological polar surface area (TPSA) is 69.0 Å². The Morgan fingerprint density at radius 1 is 1.50 bits per heavy atom. The minimum Gasteiger partial charge on any atom is -0.479 e. The molecule has 0 fully saturated rings. The Balaban J connectivity index is 1.92. The molecule has 0 bridgehead atoms. The summed E-state index contributed by atoms with van der Waals surface area (Å²) in [6.07, 6.45) is 5.85. The first kappa shape index (κ1) is 14.5. The maximum Gasteiger partial charge on any atom is 0.258 e. The van der Waals surface area contributed by atoms with Crippen molar-refractivity contribution >= 4 is 21.8 Å². The van der Waals surface area contributed by atoms with Crippen molar-refractivity contribution in [1.29, 1.82) is 0 Å². The minimum absolute atomic E-state index is 0.196. The van der Waals surface area contributed by atoms with Gasteiger partial charge in [-0.1, -0.05) is 0 Å². The van der Waals surface area contributed by atoms with Crippen LogP contribution in [0.25, 0.3) is 0 Å². The molecule has 1 N–H and O–H groups in total. The third-order valence-electron chi connectivity index (χ3n) is 2.69. The average molecular weight is 339 g/mol. The molecule has 2 aromatic rings. The molecule has 0 aliphatic carbocycles. The van der Waals surface area contributed by atoms with Gasteiger partial charge in [0.25, 0.3) is 5.91 Å². The van der Waals surface area contributed by atoms with Crippen LogP contribution in [0.5, 0.6) is 5.88 Å². The van der Waals surface area contributed by atoms with Gasteiger partial charge in [-0.15, -0.1) is 5.10 Å². The molecule has 0 aliphatic heterocycles. The molecular formula is C13H15BrN4O2. The van der Waals surface area contributed by atoms with E-state index in [9.17, 15) is 4.79 Å². The highest BCUT2D eigenvalue weighted by molar-refractivity contribution is 9.10. The summed E-state index contributed by atoms with van der Waals surface area (Å²) >= 11 is 3.36. The standard InChI is InChI=1S/C13H15BrN4O2/c1-18-8-11(13(17-18)20-2)12(19)16-4-3-9-5-10(14)7-15-6-9/h5-8H,3-4H2,1-2H3,(H,16,19). The quantitative estimate of drug-likeness (QED) is 0.898. The van der Waals surface area contributed by atoms with E-state index in [1.54, 1.807) is 30.3 Å². The summed E-state index contributed by atoms with van der Waals surface area (Å²) in [6, 6.07) is 1.98. The molecule has 0 unspecified atom stereocenters. The molecule has 6 nitrogen and oxygen atoms in total. The molecule has 2 rings (SSSR count). The number of rotatable bonds is 5. The summed E-state index contributed by atoms with van der Waals surface area (Å²) in [5, 5.41) is 6.89. The summed E-state index contributed by atoms with van der Waals surface area (Å²) in [6.45, 7) is 0.523. The van der Waals surface area contributed by atoms with Gasteiger partial charge in [0, 0.05) is 36.7 Å². The number of amides is 1. The predicted octanol–water partition coefficient (Wildman–Crippen LogP) is 1.56. The number of nitrogens with zero attached hydrogens (tertiary/aromatic N) is 3. The van der Waals surface area contributed by atoms with Crippen LogP contribution in [-0.2, 0) is 13.5 Å². The van der Waals surface area contributed by atoms with Gasteiger partial charge in [0.15, 0.2) is 0 Å². The van der Waals surface area contributed by atoms with E-state index >= 15 is 0 Å². The third-order valence-corrected chi connectivity index (χ3v) is 3.13. The number of aryl methyl sites for hydroxylation is 1. The van der Waals surface area contributed by atoms with E-state index in [0.29, 0.717) is 24.4 Å². The Bertz CT molecular complexity index is 612. The van der Waals surface area contributed by atoms with E-state index in [4.69, 9.17) is 4.74 Å². The number of carbonyl (C=O) groups is 1. The zero-order valence-corrected chi connectivity index (χ0v) is 12.8. The zero-order chi connectivity index (χ0) is 14.5. The number of aromatic nitrogens is 3. The van der Waals surface area contributed by atoms with Crippen molar-refractivity contribution in [3.63, 3.8) is 0 Å². The van der Waals surface area contributed by atoms with E-state index in [-0.39, 0.29) is 5.91 Å². The van der Waals surface area contributed by atoms with Crippen LogP contribution in [-0.4, -0.2) is 34.3 Å². The van der Waals surface area contributed by atoms with Crippen LogP contribution < -0.4 is 10.1 Å². The summed E-state index contributed by atoms with van der Waals surface area (Å²) in [5.74, 6) is 0.132. The van der Waals surface area contributed by atoms with Gasteiger partial charge in [0.2, 0.25) is 5.88 Å². The smallest absolute Gasteiger partial charge is 0.258 e. The Hall–Kier alpha value is -1.89. The lowest BCUT2D eigenvalue weighted by Gasteiger charge is -2.05. The molecular weight excluding hydrogens is 324 g/mol. The van der Waals surface area contributed by atoms with Crippen molar-refractivity contribution in [3.05, 3.63) is 40.3 Å². The van der Waals surface area contributed by atoms with Crippen LogP contribution in [0.4, 0.5) is 0 Å². The van der Waals surface area contributed by atoms with Crippen molar-refractivity contribution < 1.29 is 9.53 Å². The molecule has 106 valence electrons. The second-order valence-corrected chi connectivity index (χ2v) is 5.16. The number of pyridine rings is 1. The van der Waals surface area contributed by atoms with Gasteiger partial charge >= 0.3 is 0 Å². The first-order valence-electron chi connectivity index (χ1n) is 6.05. The number of nitrogens with one attached hydrogen (secondary N) is 1. The first-order valence-corrected chi connectivity index (χ1v) is 6.84. The normalized spacial score (nSPS) is 10.3. The van der Waals surface area contributed by atoms with Crippen LogP contribution in [0.1, 0.15) is 15.9 Å². The Morgan fingerprint density at radius 3 is 3.00 bits per heavy atom. The second-order valence-electron chi connectivity index (χ2n) is 4.24. The van der Waals surface area contributed by atoms with Gasteiger partial charge in [-0.3, -0.25) is 14.5 Å². The lowest BCUT2D eigenvalue weighted by atomic mass is 10.2. The van der Waals surface area contributed by atoms with Crippen molar-refractivity contribution in [2.75, 3.05) is 13.7 Å². The lowest BCUT2D eigenvalue weighted by Crippen LogP contribution is -2.25. The van der Waals surface area contributed by atoms with Gasteiger partial charge in [-0.05, 0) is 34.0 Å². The Morgan fingerprint density at radius 2 is 2.30 bits per heavy atom. The molecule has 0 saturated heterocycles. The van der Waals surface area contributed by atoms with Gasteiger partial charge in [-0.2, -0.15) is 0 Å². The van der Waals surface area contributed by atoms with Crippen molar-refractivity contribution in [2.24, 2.45) is 7.05 Å². The highest BCUT2D eigenvalue weighted by Crippen LogP contribution is 2.14. The molecule has 0 aromatic carbocycles. The number of ether oxygens (including phenoxy) is 1. The molecule has 0 saturated carbocycles. The fraction of sp³-hybridized carbons (Fsp3) is 0.308. The van der Waals surface area contributed by atoms with E-state index in [0.717, 1.165) is 10.0 Å². The van der Waals surface area contributed by atoms with Crippen LogP contribution in [0.2, 0.25) is 0 Å². The maximum absolute atomic E-state index is 12.0. The molecule has 0 atom stereocenters. The minimum atomic E-state index is -0.196. The zero-order valence-electron chi connectivity index (χ0n) is 11.3. The van der Waals surface area contributed by atoms with Crippen molar-refractivity contribution in [3.8, 4) is 5.88 Å². The molecule has 0 aliphatic rings. The summed E-state index contributed by atoms with van der Waals surface area (Å²) in [4.78, 5) is 16.1. The third kappa shape index (κ3) is 3.57. The summed E-state index contributed by atoms with van der Waals surface area (Å²) in [5.41, 5.74) is 1.49. The van der Waals surface area contributed by atoms with E-state index in [2.05, 4.69) is 31.3 Å². The van der Waals surface area contributed by atoms with E-state index in [1.165, 1.54) is 7.11 Å². The predicted molar refractivity (Wildman–Crippen MR) is 77.7 cm³/mol. The van der Waals surface area contributed by atoms with Crippen LogP contribution in [0, 0.1) is 0 Å². The molecule has 20 heavy (non-hydrogen) atoms. The second kappa shape index (κ2) is 6.51. The average Bonchev–Trinajstić information content (AvgIpc) is 2.80. The van der Waals surface area contributed by atoms with Gasteiger partial charge < -0.3 is 10.1 Å². The fourth-order valence-corrected chi connectivity index (χ4v) is 2.20. The molecule has 0 radical (unpaired) electrons. The van der Waals surface area contributed by atoms with Crippen LogP contribution in [0.15, 0.2) is 29.1 Å². The largest absolute Gasteiger partial charge is 0.479 e. The monoisotopic (exact) mass is 338 g/mol. The van der Waals surface area contributed by atoms with E-state index in [1.807, 2.05) is 6.07 Å². The number of hydrogen-bond acceptors (Lipinski definition) is 4. The number of halogens is 1. The van der Waals surface area contributed by atoms with E-state index < -0.39 is 0 Å². The molecule has 7 heteroatoms. The number of hydrogen-bond donors (Lipinski definition) is 1. The summed E-state index contributed by atoms with van der Waals surface area (Å²) < 4.78 is 7.53. The first-order chi connectivity index (χ1) is 9.60. The van der Waals surface area contributed by atoms with Gasteiger partial charge in [0.1, 0.15) is 5.56 Å². The SMILES string of the molecule is COc1nn(C)cc1C(=O)NCCc1cncc(Br)c1. The lowest BCUT2D eigenvalue weighted by molar-refractivity contribution is 0.0951. The number of carbonyl (C=O) groups excluding carboxylic acids is 1. The fourth-order valence-electron chi connectivity index (χ4n) is 1.78. The highest BCUT2D eigenvalue weighted by atomic mass is 79.9. The van der Waals surface area contributed by atoms with Crippen LogP contribution >= 0.6 is 15.9 Å². The highest BCUT2D eigenvalue weighted by Gasteiger charge is 2.15. The molecule has 1 amide bonds. The van der Waals surface area contributed by atoms with Crippen LogP contribution in [0.3, 0.4) is 0 Å². The Kier molecular flexibility index (Phi) is 4.73. The summed E-state index contributed by atoms with van der Waals surface area (Å²) in [7, 11) is 3.23. The maximum atomic E-state index is 12.0. The van der Waals surface area contributed by atoms with Gasteiger partial charge in [-0.25, -0.2) is 0 Å². The van der Waals surface area contributed by atoms with Crippen molar-refractivity contribution in [1.82, 2.24) is 20.1 Å². The molecule has 2 heterocycles. The van der Waals surface area contributed by atoms with Crippen molar-refractivity contribution in [2.45, 2.75) is 6.42 Å².